The highest BCUT2D eigenvalue weighted by atomic mass is 32.1. The molecule has 4 nitrogen and oxygen atoms in total. The molecular formula is C16H25NO3S. The lowest BCUT2D eigenvalue weighted by molar-refractivity contribution is -0.0890. The van der Waals surface area contributed by atoms with Crippen LogP contribution in [0.3, 0.4) is 0 Å². The summed E-state index contributed by atoms with van der Waals surface area (Å²) in [4.78, 5) is 16.3. The molecule has 1 fully saturated rings. The summed E-state index contributed by atoms with van der Waals surface area (Å²) in [6.45, 7) is 9.45. The Morgan fingerprint density at radius 1 is 1.24 bits per heavy atom. The van der Waals surface area contributed by atoms with E-state index < -0.39 is 0 Å². The Bertz CT molecular complexity index is 485. The van der Waals surface area contributed by atoms with Crippen molar-refractivity contribution in [3.8, 4) is 0 Å². The van der Waals surface area contributed by atoms with Gasteiger partial charge in [-0.15, -0.1) is 11.3 Å². The Balaban J connectivity index is 2.21. The highest BCUT2D eigenvalue weighted by Crippen LogP contribution is 2.48. The van der Waals surface area contributed by atoms with E-state index in [9.17, 15) is 4.79 Å². The molecule has 0 aromatic carbocycles. The molecule has 5 heteroatoms. The summed E-state index contributed by atoms with van der Waals surface area (Å²) in [5.74, 6) is -0.345. The number of hydrogen-bond donors (Lipinski definition) is 0. The van der Waals surface area contributed by atoms with Gasteiger partial charge in [-0.1, -0.05) is 13.8 Å². The van der Waals surface area contributed by atoms with E-state index in [1.807, 2.05) is 6.92 Å². The van der Waals surface area contributed by atoms with Gasteiger partial charge in [0.25, 0.3) is 0 Å². The molecule has 0 aliphatic heterocycles. The van der Waals surface area contributed by atoms with E-state index in [0.717, 1.165) is 30.7 Å². The summed E-state index contributed by atoms with van der Waals surface area (Å²) in [6.07, 6.45) is 4.15. The number of thiazole rings is 1. The summed E-state index contributed by atoms with van der Waals surface area (Å²) in [5.41, 5.74) is 0.447. The maximum Gasteiger partial charge on any atom is 0.357 e. The zero-order valence-electron chi connectivity index (χ0n) is 13.4. The average Bonchev–Trinajstić information content (AvgIpc) is 2.92. The molecule has 0 radical (unpaired) electrons. The van der Waals surface area contributed by atoms with Gasteiger partial charge in [0.15, 0.2) is 5.69 Å². The van der Waals surface area contributed by atoms with Gasteiger partial charge in [0.1, 0.15) is 10.6 Å². The number of ether oxygens (including phenoxy) is 2. The third-order valence-corrected chi connectivity index (χ3v) is 5.24. The molecule has 1 heterocycles. The number of esters is 1. The second-order valence-electron chi connectivity index (χ2n) is 6.35. The summed E-state index contributed by atoms with van der Waals surface area (Å²) >= 11 is 1.51. The molecule has 1 aliphatic rings. The number of aromatic nitrogens is 1. The van der Waals surface area contributed by atoms with Crippen molar-refractivity contribution in [1.82, 2.24) is 4.98 Å². The molecule has 1 aromatic rings. The van der Waals surface area contributed by atoms with Crippen LogP contribution in [0.2, 0.25) is 0 Å². The van der Waals surface area contributed by atoms with E-state index >= 15 is 0 Å². The molecule has 2 rings (SSSR count). The van der Waals surface area contributed by atoms with E-state index in [0.29, 0.717) is 24.3 Å². The molecule has 1 aromatic heterocycles. The van der Waals surface area contributed by atoms with Crippen LogP contribution in [-0.4, -0.2) is 24.2 Å². The molecular weight excluding hydrogens is 286 g/mol. The van der Waals surface area contributed by atoms with Gasteiger partial charge in [0, 0.05) is 12.0 Å². The highest BCUT2D eigenvalue weighted by molar-refractivity contribution is 7.10. The van der Waals surface area contributed by atoms with Gasteiger partial charge in [0.2, 0.25) is 0 Å². The van der Waals surface area contributed by atoms with Crippen molar-refractivity contribution < 1.29 is 14.3 Å². The second-order valence-corrected chi connectivity index (χ2v) is 7.21. The molecule has 0 bridgehead atoms. The molecule has 0 unspecified atom stereocenters. The van der Waals surface area contributed by atoms with Crippen LogP contribution in [-0.2, 0) is 15.1 Å². The van der Waals surface area contributed by atoms with Crippen LogP contribution in [0, 0.1) is 5.41 Å². The summed E-state index contributed by atoms with van der Waals surface area (Å²) in [6, 6.07) is 0. The van der Waals surface area contributed by atoms with E-state index in [1.165, 1.54) is 11.3 Å². The van der Waals surface area contributed by atoms with Crippen molar-refractivity contribution in [2.75, 3.05) is 13.2 Å². The average molecular weight is 311 g/mol. The van der Waals surface area contributed by atoms with E-state index in [4.69, 9.17) is 9.47 Å². The van der Waals surface area contributed by atoms with E-state index in [-0.39, 0.29) is 11.6 Å². The molecule has 1 aliphatic carbocycles. The normalized spacial score (nSPS) is 20.2. The van der Waals surface area contributed by atoms with Crippen molar-refractivity contribution in [1.29, 1.82) is 0 Å². The zero-order valence-corrected chi connectivity index (χ0v) is 14.2. The van der Waals surface area contributed by atoms with Gasteiger partial charge in [-0.25, -0.2) is 9.78 Å². The van der Waals surface area contributed by atoms with Crippen LogP contribution >= 0.6 is 11.3 Å². The van der Waals surface area contributed by atoms with Gasteiger partial charge < -0.3 is 9.47 Å². The standard InChI is InChI=1S/C16H25NO3S/c1-5-19-13(18)12-11-21-14(17-12)16(20-6-2)9-7-15(3,4)8-10-16/h11H,5-10H2,1-4H3. The second kappa shape index (κ2) is 6.44. The molecule has 0 saturated heterocycles. The minimum Gasteiger partial charge on any atom is -0.461 e. The monoisotopic (exact) mass is 311 g/mol. The number of hydrogen-bond acceptors (Lipinski definition) is 5. The van der Waals surface area contributed by atoms with Gasteiger partial charge >= 0.3 is 5.97 Å². The minimum absolute atomic E-state index is 0.320. The number of rotatable bonds is 5. The molecule has 0 atom stereocenters. The largest absolute Gasteiger partial charge is 0.461 e. The minimum atomic E-state index is -0.345. The number of nitrogens with zero attached hydrogens (tertiary/aromatic N) is 1. The predicted octanol–water partition coefficient (Wildman–Crippen LogP) is 4.15. The fourth-order valence-electron chi connectivity index (χ4n) is 2.81. The first-order valence-electron chi connectivity index (χ1n) is 7.69. The third-order valence-electron chi connectivity index (χ3n) is 4.21. The van der Waals surface area contributed by atoms with E-state index in [1.54, 1.807) is 12.3 Å². The first-order chi connectivity index (χ1) is 9.92. The lowest BCUT2D eigenvalue weighted by Crippen LogP contribution is -2.37. The molecule has 0 N–H and O–H groups in total. The van der Waals surface area contributed by atoms with Crippen LogP contribution in [0.1, 0.15) is 68.9 Å². The van der Waals surface area contributed by atoms with Gasteiger partial charge in [-0.3, -0.25) is 0 Å². The van der Waals surface area contributed by atoms with Crippen molar-refractivity contribution >= 4 is 17.3 Å². The van der Waals surface area contributed by atoms with Crippen LogP contribution in [0.25, 0.3) is 0 Å². The van der Waals surface area contributed by atoms with Gasteiger partial charge in [-0.05, 0) is 44.9 Å². The zero-order chi connectivity index (χ0) is 15.5. The van der Waals surface area contributed by atoms with Gasteiger partial charge in [0.05, 0.1) is 6.61 Å². The first kappa shape index (κ1) is 16.4. The Morgan fingerprint density at radius 2 is 1.90 bits per heavy atom. The quantitative estimate of drug-likeness (QED) is 0.766. The number of carbonyl (C=O) groups is 1. The maximum atomic E-state index is 11.8. The predicted molar refractivity (Wildman–Crippen MR) is 83.6 cm³/mol. The van der Waals surface area contributed by atoms with Crippen molar-refractivity contribution in [2.45, 2.75) is 59.0 Å². The Morgan fingerprint density at radius 3 is 2.48 bits per heavy atom. The molecule has 0 spiro atoms. The summed E-state index contributed by atoms with van der Waals surface area (Å²) in [7, 11) is 0. The third kappa shape index (κ3) is 3.64. The van der Waals surface area contributed by atoms with Crippen molar-refractivity contribution in [2.24, 2.45) is 5.41 Å². The summed E-state index contributed by atoms with van der Waals surface area (Å²) in [5, 5.41) is 2.70. The van der Waals surface area contributed by atoms with Gasteiger partial charge in [-0.2, -0.15) is 0 Å². The van der Waals surface area contributed by atoms with E-state index in [2.05, 4.69) is 18.8 Å². The fourth-order valence-corrected chi connectivity index (χ4v) is 3.81. The molecule has 1 saturated carbocycles. The van der Waals surface area contributed by atoms with Crippen LogP contribution in [0.5, 0.6) is 0 Å². The topological polar surface area (TPSA) is 48.4 Å². The van der Waals surface area contributed by atoms with Crippen molar-refractivity contribution in [3.05, 3.63) is 16.1 Å². The Hall–Kier alpha value is -0.940. The molecule has 118 valence electrons. The van der Waals surface area contributed by atoms with Crippen LogP contribution in [0.15, 0.2) is 5.38 Å². The highest BCUT2D eigenvalue weighted by Gasteiger charge is 2.42. The Kier molecular flexibility index (Phi) is 5.04. The maximum absolute atomic E-state index is 11.8. The van der Waals surface area contributed by atoms with Crippen LogP contribution in [0.4, 0.5) is 0 Å². The van der Waals surface area contributed by atoms with Crippen LogP contribution < -0.4 is 0 Å². The Labute approximate surface area is 130 Å². The summed E-state index contributed by atoms with van der Waals surface area (Å²) < 4.78 is 11.1. The number of carbonyl (C=O) groups excluding carboxylic acids is 1. The molecule has 21 heavy (non-hydrogen) atoms. The first-order valence-corrected chi connectivity index (χ1v) is 8.57. The van der Waals surface area contributed by atoms with Crippen molar-refractivity contribution in [3.63, 3.8) is 0 Å². The molecule has 0 amide bonds. The lowest BCUT2D eigenvalue weighted by atomic mass is 9.71. The lowest BCUT2D eigenvalue weighted by Gasteiger charge is -2.42. The fraction of sp³-hybridized carbons (Fsp3) is 0.750. The SMILES string of the molecule is CCOC(=O)c1csc(C2(OCC)CCC(C)(C)CC2)n1. The smallest absolute Gasteiger partial charge is 0.357 e.